The fourth-order valence-electron chi connectivity index (χ4n) is 4.01. The standard InChI is InChI=1S/C25H17FN6O/c1-33-17-9-14(8-16(26)11-17)23-18-12-22(30-21(18)5-7-28-23)24-19-10-15(13-29-25(19)32-31-24)20-4-2-3-6-27-20/h2-13,30H,1H3,(H,29,31,32). The van der Waals surface area contributed by atoms with Crippen LogP contribution in [-0.2, 0) is 0 Å². The largest absolute Gasteiger partial charge is 0.497 e. The lowest BCUT2D eigenvalue weighted by atomic mass is 10.1. The van der Waals surface area contributed by atoms with E-state index in [0.29, 0.717) is 22.7 Å². The molecule has 160 valence electrons. The monoisotopic (exact) mass is 436 g/mol. The number of hydrogen-bond acceptors (Lipinski definition) is 5. The third kappa shape index (κ3) is 3.28. The summed E-state index contributed by atoms with van der Waals surface area (Å²) in [5, 5.41) is 9.17. The Morgan fingerprint density at radius 2 is 1.82 bits per heavy atom. The minimum absolute atomic E-state index is 0.383. The topological polar surface area (TPSA) is 92.4 Å². The van der Waals surface area contributed by atoms with Gasteiger partial charge < -0.3 is 9.72 Å². The van der Waals surface area contributed by atoms with Crippen molar-refractivity contribution in [1.29, 1.82) is 0 Å². The molecule has 2 N–H and O–H groups in total. The molecule has 0 aliphatic rings. The number of halogens is 1. The zero-order valence-corrected chi connectivity index (χ0v) is 17.5. The van der Waals surface area contributed by atoms with Gasteiger partial charge in [0.05, 0.1) is 29.9 Å². The van der Waals surface area contributed by atoms with Crippen molar-refractivity contribution in [3.8, 4) is 39.7 Å². The average Bonchev–Trinajstić information content (AvgIpc) is 3.47. The normalized spacial score (nSPS) is 11.3. The lowest BCUT2D eigenvalue weighted by molar-refractivity contribution is 0.411. The highest BCUT2D eigenvalue weighted by Gasteiger charge is 2.16. The summed E-state index contributed by atoms with van der Waals surface area (Å²) in [7, 11) is 1.51. The first-order chi connectivity index (χ1) is 16.2. The van der Waals surface area contributed by atoms with E-state index in [9.17, 15) is 4.39 Å². The van der Waals surface area contributed by atoms with Gasteiger partial charge in [0.1, 0.15) is 11.6 Å². The number of nitrogens with one attached hydrogen (secondary N) is 2. The summed E-state index contributed by atoms with van der Waals surface area (Å²) in [4.78, 5) is 16.8. The number of aromatic amines is 2. The van der Waals surface area contributed by atoms with Gasteiger partial charge in [0, 0.05) is 52.1 Å². The van der Waals surface area contributed by atoms with Gasteiger partial charge in [-0.25, -0.2) is 9.37 Å². The zero-order chi connectivity index (χ0) is 22.4. The molecule has 0 radical (unpaired) electrons. The van der Waals surface area contributed by atoms with E-state index in [2.05, 4.69) is 30.1 Å². The molecule has 0 fully saturated rings. The third-order valence-electron chi connectivity index (χ3n) is 5.57. The molecule has 0 unspecified atom stereocenters. The molecule has 0 saturated heterocycles. The Hall–Kier alpha value is -4.59. The molecule has 33 heavy (non-hydrogen) atoms. The van der Waals surface area contributed by atoms with Gasteiger partial charge in [0.25, 0.3) is 0 Å². The molecule has 6 aromatic rings. The molecule has 8 heteroatoms. The van der Waals surface area contributed by atoms with Crippen molar-refractivity contribution in [1.82, 2.24) is 30.1 Å². The summed E-state index contributed by atoms with van der Waals surface area (Å²) in [6.45, 7) is 0. The van der Waals surface area contributed by atoms with E-state index in [4.69, 9.17) is 4.74 Å². The Labute approximate surface area is 187 Å². The van der Waals surface area contributed by atoms with Crippen LogP contribution in [0.15, 0.2) is 73.2 Å². The van der Waals surface area contributed by atoms with Gasteiger partial charge in [-0.2, -0.15) is 5.10 Å². The predicted molar refractivity (Wildman–Crippen MR) is 124 cm³/mol. The summed E-state index contributed by atoms with van der Waals surface area (Å²) in [5.74, 6) is 0.0545. The van der Waals surface area contributed by atoms with Crippen LogP contribution >= 0.6 is 0 Å². The first kappa shape index (κ1) is 19.1. The van der Waals surface area contributed by atoms with Crippen LogP contribution in [0.3, 0.4) is 0 Å². The fraction of sp³-hybridized carbons (Fsp3) is 0.0400. The van der Waals surface area contributed by atoms with E-state index in [1.54, 1.807) is 24.7 Å². The Balaban J connectivity index is 1.50. The Kier molecular flexibility index (Phi) is 4.36. The van der Waals surface area contributed by atoms with Gasteiger partial charge in [-0.3, -0.25) is 15.1 Å². The van der Waals surface area contributed by atoms with E-state index in [1.807, 2.05) is 36.4 Å². The quantitative estimate of drug-likeness (QED) is 0.387. The lowest BCUT2D eigenvalue weighted by Crippen LogP contribution is -1.89. The molecule has 5 heterocycles. The summed E-state index contributed by atoms with van der Waals surface area (Å²) in [6.07, 6.45) is 5.21. The van der Waals surface area contributed by atoms with E-state index >= 15 is 0 Å². The first-order valence-corrected chi connectivity index (χ1v) is 10.3. The number of fused-ring (bicyclic) bond motifs is 2. The van der Waals surface area contributed by atoms with Crippen molar-refractivity contribution < 1.29 is 9.13 Å². The Morgan fingerprint density at radius 1 is 0.879 bits per heavy atom. The van der Waals surface area contributed by atoms with Crippen molar-refractivity contribution >= 4 is 21.9 Å². The number of nitrogens with zero attached hydrogens (tertiary/aromatic N) is 4. The van der Waals surface area contributed by atoms with Gasteiger partial charge in [0.2, 0.25) is 0 Å². The fourth-order valence-corrected chi connectivity index (χ4v) is 4.01. The van der Waals surface area contributed by atoms with Crippen LogP contribution < -0.4 is 4.74 Å². The van der Waals surface area contributed by atoms with Crippen molar-refractivity contribution in [3.05, 3.63) is 79.0 Å². The molecule has 0 saturated carbocycles. The number of ether oxygens (including phenoxy) is 1. The van der Waals surface area contributed by atoms with Crippen LogP contribution in [0.1, 0.15) is 0 Å². The highest BCUT2D eigenvalue weighted by atomic mass is 19.1. The second kappa shape index (κ2) is 7.52. The Bertz CT molecular complexity index is 1620. The van der Waals surface area contributed by atoms with Crippen molar-refractivity contribution in [2.24, 2.45) is 0 Å². The van der Waals surface area contributed by atoms with Gasteiger partial charge in [-0.1, -0.05) is 6.07 Å². The highest BCUT2D eigenvalue weighted by Crippen LogP contribution is 2.34. The average molecular weight is 436 g/mol. The highest BCUT2D eigenvalue weighted by molar-refractivity contribution is 6.00. The predicted octanol–water partition coefficient (Wildman–Crippen LogP) is 5.38. The lowest BCUT2D eigenvalue weighted by Gasteiger charge is -2.06. The number of benzene rings is 1. The van der Waals surface area contributed by atoms with Gasteiger partial charge in [0.15, 0.2) is 5.65 Å². The van der Waals surface area contributed by atoms with E-state index in [0.717, 1.165) is 38.9 Å². The van der Waals surface area contributed by atoms with Gasteiger partial charge in [-0.15, -0.1) is 0 Å². The van der Waals surface area contributed by atoms with Gasteiger partial charge >= 0.3 is 0 Å². The maximum atomic E-state index is 14.1. The number of rotatable bonds is 4. The minimum atomic E-state index is -0.383. The number of aromatic nitrogens is 6. The second-order valence-electron chi connectivity index (χ2n) is 7.59. The Morgan fingerprint density at radius 3 is 2.67 bits per heavy atom. The SMILES string of the molecule is COc1cc(F)cc(-c2nccc3[nH]c(-c4[nH]nc5ncc(-c6ccccn6)cc45)cc23)c1. The first-order valence-electron chi connectivity index (χ1n) is 10.3. The molecule has 1 aromatic carbocycles. The number of hydrogen-bond donors (Lipinski definition) is 2. The summed E-state index contributed by atoms with van der Waals surface area (Å²) < 4.78 is 19.4. The zero-order valence-electron chi connectivity index (χ0n) is 17.5. The molecule has 0 spiro atoms. The second-order valence-corrected chi connectivity index (χ2v) is 7.59. The minimum Gasteiger partial charge on any atom is -0.497 e. The van der Waals surface area contributed by atoms with Gasteiger partial charge in [-0.05, 0) is 42.5 Å². The number of pyridine rings is 3. The van der Waals surface area contributed by atoms with Crippen molar-refractivity contribution in [2.45, 2.75) is 0 Å². The molecule has 6 rings (SSSR count). The maximum absolute atomic E-state index is 14.1. The third-order valence-corrected chi connectivity index (χ3v) is 5.57. The van der Waals surface area contributed by atoms with Crippen LogP contribution in [-0.4, -0.2) is 37.2 Å². The molecule has 0 amide bonds. The van der Waals surface area contributed by atoms with E-state index in [-0.39, 0.29) is 5.82 Å². The molecule has 0 aliphatic carbocycles. The molecule has 5 aromatic heterocycles. The summed E-state index contributed by atoms with van der Waals surface area (Å²) in [6, 6.07) is 16.2. The van der Waals surface area contributed by atoms with E-state index < -0.39 is 0 Å². The number of H-pyrrole nitrogens is 2. The molecule has 0 atom stereocenters. The number of methoxy groups -OCH3 is 1. The maximum Gasteiger partial charge on any atom is 0.181 e. The van der Waals surface area contributed by atoms with Crippen LogP contribution in [0.25, 0.3) is 55.8 Å². The van der Waals surface area contributed by atoms with Crippen molar-refractivity contribution in [3.63, 3.8) is 0 Å². The molecular formula is C25H17FN6O. The van der Waals surface area contributed by atoms with Crippen LogP contribution in [0.4, 0.5) is 4.39 Å². The molecule has 0 bridgehead atoms. The smallest absolute Gasteiger partial charge is 0.181 e. The summed E-state index contributed by atoms with van der Waals surface area (Å²) in [5.41, 5.74) is 6.13. The summed E-state index contributed by atoms with van der Waals surface area (Å²) >= 11 is 0. The van der Waals surface area contributed by atoms with Crippen LogP contribution in [0.5, 0.6) is 5.75 Å². The van der Waals surface area contributed by atoms with Crippen LogP contribution in [0.2, 0.25) is 0 Å². The van der Waals surface area contributed by atoms with Crippen molar-refractivity contribution in [2.75, 3.05) is 7.11 Å². The van der Waals surface area contributed by atoms with E-state index in [1.165, 1.54) is 19.2 Å². The molecule has 0 aliphatic heterocycles. The molecular weight excluding hydrogens is 419 g/mol. The van der Waals surface area contributed by atoms with Crippen LogP contribution in [0, 0.1) is 5.82 Å². The molecule has 7 nitrogen and oxygen atoms in total.